The fourth-order valence-electron chi connectivity index (χ4n) is 2.10. The smallest absolute Gasteiger partial charge is 0.298 e. The molecule has 6 heteroatoms. The van der Waals surface area contributed by atoms with Gasteiger partial charge in [0.2, 0.25) is 12.2 Å². The Balaban J connectivity index is 1.71. The molecule has 1 aliphatic rings. The number of nitroso groups, excluding NO2 is 1. The first-order valence-electron chi connectivity index (χ1n) is 5.98. The van der Waals surface area contributed by atoms with Gasteiger partial charge in [0.15, 0.2) is 6.20 Å². The van der Waals surface area contributed by atoms with Gasteiger partial charge in [-0.3, -0.25) is 4.79 Å². The van der Waals surface area contributed by atoms with E-state index in [1.807, 2.05) is 9.47 Å². The van der Waals surface area contributed by atoms with E-state index in [9.17, 15) is 9.70 Å². The standard InChI is InChI=1S/C11H16N4O2/c16-11(15-6-1-2-7-15)4-3-5-14-8-10(13-17)12-9-14/h8-9H,1-7H2/p+1. The molecule has 92 valence electrons. The fraction of sp³-hybridized carbons (Fsp3) is 0.636. The van der Waals surface area contributed by atoms with Crippen LogP contribution in [0.25, 0.3) is 0 Å². The van der Waals surface area contributed by atoms with Crippen molar-refractivity contribution in [3.63, 3.8) is 0 Å². The molecule has 1 aromatic rings. The first-order chi connectivity index (χ1) is 8.29. The first kappa shape index (κ1) is 11.8. The van der Waals surface area contributed by atoms with Crippen molar-refractivity contribution in [3.8, 4) is 0 Å². The van der Waals surface area contributed by atoms with Gasteiger partial charge in [0.25, 0.3) is 5.82 Å². The van der Waals surface area contributed by atoms with Crippen LogP contribution in [0.4, 0.5) is 5.82 Å². The highest BCUT2D eigenvalue weighted by molar-refractivity contribution is 5.76. The molecule has 1 saturated heterocycles. The average molecular weight is 237 g/mol. The van der Waals surface area contributed by atoms with Gasteiger partial charge < -0.3 is 4.90 Å². The molecule has 2 rings (SSSR count). The fourth-order valence-corrected chi connectivity index (χ4v) is 2.10. The summed E-state index contributed by atoms with van der Waals surface area (Å²) in [6, 6.07) is 0. The molecule has 2 heterocycles. The van der Waals surface area contributed by atoms with Crippen LogP contribution in [0, 0.1) is 4.91 Å². The van der Waals surface area contributed by atoms with Crippen molar-refractivity contribution in [2.45, 2.75) is 32.2 Å². The maximum atomic E-state index is 11.7. The zero-order valence-corrected chi connectivity index (χ0v) is 9.76. The van der Waals surface area contributed by atoms with Crippen LogP contribution < -0.4 is 4.57 Å². The number of likely N-dealkylation sites (tertiary alicyclic amines) is 1. The highest BCUT2D eigenvalue weighted by Gasteiger charge is 2.17. The van der Waals surface area contributed by atoms with Crippen LogP contribution in [0.5, 0.6) is 0 Å². The number of nitrogens with one attached hydrogen (secondary N) is 1. The predicted octanol–water partition coefficient (Wildman–Crippen LogP) is 1.10. The molecule has 6 nitrogen and oxygen atoms in total. The highest BCUT2D eigenvalue weighted by Crippen LogP contribution is 2.09. The number of imidazole rings is 1. The summed E-state index contributed by atoms with van der Waals surface area (Å²) in [5.74, 6) is 0.559. The number of hydrogen-bond donors (Lipinski definition) is 1. The van der Waals surface area contributed by atoms with Crippen molar-refractivity contribution in [3.05, 3.63) is 17.4 Å². The molecule has 1 aromatic heterocycles. The normalized spacial score (nSPS) is 15.2. The van der Waals surface area contributed by atoms with Gasteiger partial charge in [-0.1, -0.05) is 0 Å². The number of aromatic amines is 1. The number of aromatic nitrogens is 2. The lowest BCUT2D eigenvalue weighted by Crippen LogP contribution is -2.32. The zero-order valence-electron chi connectivity index (χ0n) is 9.76. The summed E-state index contributed by atoms with van der Waals surface area (Å²) in [4.78, 5) is 26.6. The third-order valence-electron chi connectivity index (χ3n) is 3.03. The minimum atomic E-state index is 0.243. The second-order valence-electron chi connectivity index (χ2n) is 4.31. The molecule has 0 spiro atoms. The maximum Gasteiger partial charge on any atom is 0.298 e. The molecule has 0 saturated carbocycles. The van der Waals surface area contributed by atoms with E-state index in [0.29, 0.717) is 12.2 Å². The lowest BCUT2D eigenvalue weighted by atomic mass is 10.3. The van der Waals surface area contributed by atoms with Gasteiger partial charge in [0.1, 0.15) is 0 Å². The van der Waals surface area contributed by atoms with Crippen LogP contribution in [0.15, 0.2) is 17.7 Å². The van der Waals surface area contributed by atoms with E-state index in [2.05, 4.69) is 10.2 Å². The summed E-state index contributed by atoms with van der Waals surface area (Å²) < 4.78 is 1.84. The topological polar surface area (TPSA) is 69.4 Å². The van der Waals surface area contributed by atoms with E-state index < -0.39 is 0 Å². The Morgan fingerprint density at radius 1 is 1.47 bits per heavy atom. The van der Waals surface area contributed by atoms with Gasteiger partial charge in [-0.05, 0) is 19.3 Å². The van der Waals surface area contributed by atoms with E-state index in [1.165, 1.54) is 0 Å². The SMILES string of the molecule is O=Nc1c[n+](CCCC(=O)N2CCCC2)c[nH]1. The minimum Gasteiger partial charge on any atom is -0.343 e. The second-order valence-corrected chi connectivity index (χ2v) is 4.31. The third-order valence-corrected chi connectivity index (χ3v) is 3.03. The van der Waals surface area contributed by atoms with Gasteiger partial charge in [-0.15, -0.1) is 4.91 Å². The monoisotopic (exact) mass is 237 g/mol. The van der Waals surface area contributed by atoms with Gasteiger partial charge in [0.05, 0.1) is 6.54 Å². The lowest BCUT2D eigenvalue weighted by molar-refractivity contribution is -0.695. The van der Waals surface area contributed by atoms with Crippen molar-refractivity contribution >= 4 is 11.7 Å². The third kappa shape index (κ3) is 3.12. The molecular weight excluding hydrogens is 220 g/mol. The Morgan fingerprint density at radius 3 is 2.88 bits per heavy atom. The molecular formula is C11H17N4O2+. The molecule has 0 bridgehead atoms. The molecule has 1 aliphatic heterocycles. The number of rotatable bonds is 5. The van der Waals surface area contributed by atoms with Gasteiger partial charge in [-0.2, -0.15) is 0 Å². The molecule has 0 radical (unpaired) electrons. The summed E-state index contributed by atoms with van der Waals surface area (Å²) in [5.41, 5.74) is 0. The number of aryl methyl sites for hydroxylation is 1. The van der Waals surface area contributed by atoms with Gasteiger partial charge in [-0.25, -0.2) is 9.55 Å². The molecule has 0 aromatic carbocycles. The van der Waals surface area contributed by atoms with Crippen molar-refractivity contribution in [1.82, 2.24) is 9.88 Å². The first-order valence-corrected chi connectivity index (χ1v) is 5.98. The molecule has 1 amide bonds. The Labute approximate surface area is 99.6 Å². The summed E-state index contributed by atoms with van der Waals surface area (Å²) in [6.45, 7) is 2.55. The van der Waals surface area contributed by atoms with E-state index in [1.54, 1.807) is 12.5 Å². The van der Waals surface area contributed by atoms with Gasteiger partial charge >= 0.3 is 0 Å². The second kappa shape index (κ2) is 5.56. The van der Waals surface area contributed by atoms with Crippen LogP contribution >= 0.6 is 0 Å². The summed E-state index contributed by atoms with van der Waals surface area (Å²) >= 11 is 0. The van der Waals surface area contributed by atoms with Crippen LogP contribution in [0.1, 0.15) is 25.7 Å². The van der Waals surface area contributed by atoms with E-state index in [4.69, 9.17) is 0 Å². The summed E-state index contributed by atoms with van der Waals surface area (Å²) in [5, 5.41) is 2.80. The van der Waals surface area contributed by atoms with Gasteiger partial charge in [0, 0.05) is 24.7 Å². The number of H-pyrrole nitrogens is 1. The molecule has 1 fully saturated rings. The van der Waals surface area contributed by atoms with Crippen LogP contribution in [0.2, 0.25) is 0 Å². The Hall–Kier alpha value is -1.72. The minimum absolute atomic E-state index is 0.243. The van der Waals surface area contributed by atoms with E-state index in [-0.39, 0.29) is 5.91 Å². The molecule has 17 heavy (non-hydrogen) atoms. The van der Waals surface area contributed by atoms with Crippen molar-refractivity contribution in [2.75, 3.05) is 13.1 Å². The highest BCUT2D eigenvalue weighted by atomic mass is 16.3. The van der Waals surface area contributed by atoms with E-state index in [0.717, 1.165) is 38.9 Å². The quantitative estimate of drug-likeness (QED) is 0.615. The van der Waals surface area contributed by atoms with Crippen LogP contribution in [-0.2, 0) is 11.3 Å². The number of amides is 1. The maximum absolute atomic E-state index is 11.7. The number of carbonyl (C=O) groups is 1. The molecule has 1 N–H and O–H groups in total. The Morgan fingerprint density at radius 2 is 2.24 bits per heavy atom. The summed E-state index contributed by atoms with van der Waals surface area (Å²) in [7, 11) is 0. The number of nitrogens with zero attached hydrogens (tertiary/aromatic N) is 3. The number of carbonyl (C=O) groups excluding carboxylic acids is 1. The lowest BCUT2D eigenvalue weighted by Gasteiger charge is -2.14. The Kier molecular flexibility index (Phi) is 3.85. The molecule has 0 unspecified atom stereocenters. The Bertz CT molecular complexity index is 396. The van der Waals surface area contributed by atoms with Crippen LogP contribution in [-0.4, -0.2) is 28.9 Å². The molecule has 0 atom stereocenters. The van der Waals surface area contributed by atoms with E-state index >= 15 is 0 Å². The largest absolute Gasteiger partial charge is 0.343 e. The van der Waals surface area contributed by atoms with Crippen LogP contribution in [0.3, 0.4) is 0 Å². The van der Waals surface area contributed by atoms with Crippen molar-refractivity contribution < 1.29 is 9.36 Å². The zero-order chi connectivity index (χ0) is 12.1. The van der Waals surface area contributed by atoms with Crippen molar-refractivity contribution in [1.29, 1.82) is 0 Å². The predicted molar refractivity (Wildman–Crippen MR) is 61.5 cm³/mol. The van der Waals surface area contributed by atoms with Crippen molar-refractivity contribution in [2.24, 2.45) is 5.18 Å². The number of hydrogen-bond acceptors (Lipinski definition) is 3. The average Bonchev–Trinajstić information content (AvgIpc) is 3.00. The summed E-state index contributed by atoms with van der Waals surface area (Å²) in [6.07, 6.45) is 6.96. The molecule has 0 aliphatic carbocycles.